The summed E-state index contributed by atoms with van der Waals surface area (Å²) in [5, 5.41) is 2.85. The molecule has 10 heteroatoms. The molecular formula is C18H19BrFN3O4S. The zero-order valence-corrected chi connectivity index (χ0v) is 17.5. The summed E-state index contributed by atoms with van der Waals surface area (Å²) in [4.78, 5) is 16.9. The van der Waals surface area contributed by atoms with Crippen molar-refractivity contribution in [3.8, 4) is 11.6 Å². The number of aromatic nitrogens is 1. The van der Waals surface area contributed by atoms with Crippen molar-refractivity contribution in [3.05, 3.63) is 52.4 Å². The second-order valence-corrected chi connectivity index (χ2v) is 9.30. The lowest BCUT2D eigenvalue weighted by atomic mass is 10.1. The molecule has 1 unspecified atom stereocenters. The van der Waals surface area contributed by atoms with E-state index in [0.717, 1.165) is 6.26 Å². The van der Waals surface area contributed by atoms with Gasteiger partial charge in [-0.3, -0.25) is 4.79 Å². The zero-order chi connectivity index (χ0) is 20.3. The van der Waals surface area contributed by atoms with Crippen LogP contribution in [-0.2, 0) is 10.0 Å². The third kappa shape index (κ3) is 5.06. The molecule has 1 N–H and O–H groups in total. The van der Waals surface area contributed by atoms with E-state index in [4.69, 9.17) is 4.74 Å². The number of carbonyl (C=O) groups is 1. The number of ether oxygens (including phenoxy) is 1. The van der Waals surface area contributed by atoms with Crippen molar-refractivity contribution in [1.29, 1.82) is 0 Å². The maximum atomic E-state index is 13.3. The molecule has 1 atom stereocenters. The number of hydrogen-bond donors (Lipinski definition) is 1. The summed E-state index contributed by atoms with van der Waals surface area (Å²) in [5.74, 6) is -0.453. The summed E-state index contributed by atoms with van der Waals surface area (Å²) >= 11 is 3.22. The number of hydrogen-bond acceptors (Lipinski definition) is 5. The number of carbonyl (C=O) groups excluding carboxylic acids is 1. The van der Waals surface area contributed by atoms with E-state index in [1.807, 2.05) is 0 Å². The number of amides is 1. The van der Waals surface area contributed by atoms with Crippen LogP contribution in [0.25, 0.3) is 0 Å². The van der Waals surface area contributed by atoms with Gasteiger partial charge in [-0.2, -0.15) is 0 Å². The molecule has 0 radical (unpaired) electrons. The minimum absolute atomic E-state index is 0.0723. The van der Waals surface area contributed by atoms with Crippen molar-refractivity contribution in [1.82, 2.24) is 14.6 Å². The van der Waals surface area contributed by atoms with Crippen LogP contribution >= 0.6 is 15.9 Å². The number of piperidine rings is 1. The van der Waals surface area contributed by atoms with Crippen LogP contribution in [-0.4, -0.2) is 49.0 Å². The molecule has 2 heterocycles. The van der Waals surface area contributed by atoms with Gasteiger partial charge in [-0.25, -0.2) is 22.1 Å². The van der Waals surface area contributed by atoms with Crippen LogP contribution in [0.2, 0.25) is 0 Å². The maximum Gasteiger partial charge on any atom is 0.257 e. The van der Waals surface area contributed by atoms with Crippen molar-refractivity contribution in [2.45, 2.75) is 18.9 Å². The smallest absolute Gasteiger partial charge is 0.257 e. The Bertz CT molecular complexity index is 987. The fourth-order valence-corrected chi connectivity index (χ4v) is 4.27. The average molecular weight is 472 g/mol. The minimum Gasteiger partial charge on any atom is -0.437 e. The highest BCUT2D eigenvalue weighted by Crippen LogP contribution is 2.30. The van der Waals surface area contributed by atoms with Gasteiger partial charge in [0.2, 0.25) is 15.9 Å². The van der Waals surface area contributed by atoms with Gasteiger partial charge in [-0.05, 0) is 59.1 Å². The molecule has 7 nitrogen and oxygen atoms in total. The van der Waals surface area contributed by atoms with Crippen LogP contribution in [0.1, 0.15) is 23.2 Å². The van der Waals surface area contributed by atoms with E-state index < -0.39 is 21.7 Å². The number of halogens is 2. The minimum atomic E-state index is -3.31. The predicted octanol–water partition coefficient (Wildman–Crippen LogP) is 2.93. The second kappa shape index (κ2) is 8.54. The van der Waals surface area contributed by atoms with Crippen molar-refractivity contribution < 1.29 is 22.3 Å². The number of sulfonamides is 1. The third-order valence-electron chi connectivity index (χ3n) is 4.30. The first kappa shape index (κ1) is 20.7. The van der Waals surface area contributed by atoms with E-state index in [-0.39, 0.29) is 24.0 Å². The molecule has 0 spiro atoms. The molecule has 1 aliphatic heterocycles. The van der Waals surface area contributed by atoms with Crippen molar-refractivity contribution in [2.75, 3.05) is 19.3 Å². The average Bonchev–Trinajstić information content (AvgIpc) is 2.64. The fourth-order valence-electron chi connectivity index (χ4n) is 2.93. The Balaban J connectivity index is 1.76. The first-order chi connectivity index (χ1) is 13.2. The van der Waals surface area contributed by atoms with Gasteiger partial charge in [-0.15, -0.1) is 0 Å². The summed E-state index contributed by atoms with van der Waals surface area (Å²) in [6.07, 6.45) is 3.98. The van der Waals surface area contributed by atoms with Crippen LogP contribution in [0.15, 0.2) is 41.0 Å². The quantitative estimate of drug-likeness (QED) is 0.723. The predicted molar refractivity (Wildman–Crippen MR) is 105 cm³/mol. The van der Waals surface area contributed by atoms with E-state index >= 15 is 0 Å². The Hall–Kier alpha value is -2.04. The largest absolute Gasteiger partial charge is 0.437 e. The van der Waals surface area contributed by atoms with Gasteiger partial charge in [0, 0.05) is 25.3 Å². The molecule has 1 aromatic heterocycles. The lowest BCUT2D eigenvalue weighted by molar-refractivity contribution is 0.0918. The number of benzene rings is 1. The number of nitrogens with one attached hydrogen (secondary N) is 1. The van der Waals surface area contributed by atoms with Crippen molar-refractivity contribution in [3.63, 3.8) is 0 Å². The maximum absolute atomic E-state index is 13.3. The standard InChI is InChI=1S/C18H19BrFN3O4S/c1-28(25,26)23-9-3-4-13(11-23)22-17(24)14-5-2-8-21-18(14)27-16-7-6-12(20)10-15(16)19/h2,5-8,10,13H,3-4,9,11H2,1H3,(H,22,24). The molecule has 150 valence electrons. The van der Waals surface area contributed by atoms with Gasteiger partial charge in [-0.1, -0.05) is 0 Å². The molecule has 1 amide bonds. The Labute approximate surface area is 171 Å². The fraction of sp³-hybridized carbons (Fsp3) is 0.333. The normalized spacial score (nSPS) is 17.9. The SMILES string of the molecule is CS(=O)(=O)N1CCCC(NC(=O)c2cccnc2Oc2ccc(F)cc2Br)C1. The molecule has 0 aliphatic carbocycles. The molecule has 3 rings (SSSR count). The van der Waals surface area contributed by atoms with Gasteiger partial charge in [0.1, 0.15) is 17.1 Å². The number of nitrogens with zero attached hydrogens (tertiary/aromatic N) is 2. The zero-order valence-electron chi connectivity index (χ0n) is 15.1. The Morgan fingerprint density at radius 1 is 1.39 bits per heavy atom. The van der Waals surface area contributed by atoms with Crippen LogP contribution in [0.4, 0.5) is 4.39 Å². The van der Waals surface area contributed by atoms with Gasteiger partial charge in [0.15, 0.2) is 0 Å². The molecule has 0 bridgehead atoms. The summed E-state index contributed by atoms with van der Waals surface area (Å²) < 4.78 is 44.2. The lowest BCUT2D eigenvalue weighted by Crippen LogP contribution is -2.49. The summed E-state index contributed by atoms with van der Waals surface area (Å²) in [6, 6.07) is 6.78. The first-order valence-corrected chi connectivity index (χ1v) is 11.2. The van der Waals surface area contributed by atoms with Crippen molar-refractivity contribution in [2.24, 2.45) is 0 Å². The van der Waals surface area contributed by atoms with E-state index in [1.54, 1.807) is 12.1 Å². The van der Waals surface area contributed by atoms with Gasteiger partial charge in [0.05, 0.1) is 10.7 Å². The highest BCUT2D eigenvalue weighted by molar-refractivity contribution is 9.10. The van der Waals surface area contributed by atoms with Gasteiger partial charge < -0.3 is 10.1 Å². The molecule has 1 fully saturated rings. The van der Waals surface area contributed by atoms with E-state index in [0.29, 0.717) is 29.6 Å². The molecule has 1 aromatic carbocycles. The Morgan fingerprint density at radius 2 is 2.18 bits per heavy atom. The Morgan fingerprint density at radius 3 is 2.89 bits per heavy atom. The number of rotatable bonds is 5. The topological polar surface area (TPSA) is 88.6 Å². The van der Waals surface area contributed by atoms with Crippen LogP contribution in [0, 0.1) is 5.82 Å². The van der Waals surface area contributed by atoms with Crippen molar-refractivity contribution >= 4 is 31.9 Å². The van der Waals surface area contributed by atoms with Crippen LogP contribution in [0.5, 0.6) is 11.6 Å². The summed E-state index contributed by atoms with van der Waals surface area (Å²) in [5.41, 5.74) is 0.204. The molecular weight excluding hydrogens is 453 g/mol. The monoisotopic (exact) mass is 471 g/mol. The molecule has 28 heavy (non-hydrogen) atoms. The van der Waals surface area contributed by atoms with E-state index in [2.05, 4.69) is 26.2 Å². The highest BCUT2D eigenvalue weighted by Gasteiger charge is 2.28. The van der Waals surface area contributed by atoms with Crippen LogP contribution in [0.3, 0.4) is 0 Å². The third-order valence-corrected chi connectivity index (χ3v) is 6.19. The van der Waals surface area contributed by atoms with E-state index in [9.17, 15) is 17.6 Å². The van der Waals surface area contributed by atoms with Crippen LogP contribution < -0.4 is 10.1 Å². The second-order valence-electron chi connectivity index (χ2n) is 6.47. The van der Waals surface area contributed by atoms with Gasteiger partial charge in [0.25, 0.3) is 5.91 Å². The highest BCUT2D eigenvalue weighted by atomic mass is 79.9. The van der Waals surface area contributed by atoms with Gasteiger partial charge >= 0.3 is 0 Å². The summed E-state index contributed by atoms with van der Waals surface area (Å²) in [6.45, 7) is 0.676. The molecule has 2 aromatic rings. The molecule has 1 aliphatic rings. The summed E-state index contributed by atoms with van der Waals surface area (Å²) in [7, 11) is -3.31. The molecule has 0 saturated carbocycles. The van der Waals surface area contributed by atoms with E-state index in [1.165, 1.54) is 28.7 Å². The number of pyridine rings is 1. The Kier molecular flexibility index (Phi) is 6.31. The molecule has 1 saturated heterocycles. The lowest BCUT2D eigenvalue weighted by Gasteiger charge is -2.31. The first-order valence-electron chi connectivity index (χ1n) is 8.58.